The maximum Gasteiger partial charge on any atom is 0.220 e. The van der Waals surface area contributed by atoms with E-state index in [0.29, 0.717) is 12.5 Å². The number of piperidine rings is 1. The van der Waals surface area contributed by atoms with Crippen LogP contribution in [0.1, 0.15) is 65.2 Å². The third-order valence-corrected chi connectivity index (χ3v) is 8.33. The summed E-state index contributed by atoms with van der Waals surface area (Å²) in [6, 6.07) is 0.391. The van der Waals surface area contributed by atoms with Crippen LogP contribution < -0.4 is 5.32 Å². The summed E-state index contributed by atoms with van der Waals surface area (Å²) in [7, 11) is 0. The third-order valence-electron chi connectivity index (χ3n) is 8.33. The number of aldehydes is 1. The van der Waals surface area contributed by atoms with Gasteiger partial charge in [-0.15, -0.1) is 0 Å². The molecule has 0 aromatic carbocycles. The van der Waals surface area contributed by atoms with Crippen molar-refractivity contribution in [3.8, 4) is 0 Å². The molecule has 0 aromatic rings. The minimum Gasteiger partial charge on any atom is -0.353 e. The Morgan fingerprint density at radius 1 is 1.00 bits per heavy atom. The first-order valence-electron chi connectivity index (χ1n) is 9.24. The molecular weight excluding hydrogens is 274 g/mol. The Hall–Kier alpha value is -0.860. The molecule has 1 heterocycles. The van der Waals surface area contributed by atoms with Gasteiger partial charge in [0.15, 0.2) is 0 Å². The van der Waals surface area contributed by atoms with Gasteiger partial charge >= 0.3 is 0 Å². The smallest absolute Gasteiger partial charge is 0.220 e. The van der Waals surface area contributed by atoms with E-state index in [0.717, 1.165) is 37.0 Å². The van der Waals surface area contributed by atoms with Gasteiger partial charge in [0.25, 0.3) is 0 Å². The largest absolute Gasteiger partial charge is 0.353 e. The molecule has 3 heteroatoms. The van der Waals surface area contributed by atoms with Crippen molar-refractivity contribution >= 4 is 12.2 Å². The summed E-state index contributed by atoms with van der Waals surface area (Å²) in [4.78, 5) is 23.3. The van der Waals surface area contributed by atoms with Gasteiger partial charge in [-0.2, -0.15) is 0 Å². The first-order valence-corrected chi connectivity index (χ1v) is 9.24. The van der Waals surface area contributed by atoms with Crippen LogP contribution in [-0.4, -0.2) is 18.2 Å². The van der Waals surface area contributed by atoms with Crippen LogP contribution in [0, 0.1) is 34.5 Å². The molecule has 7 atom stereocenters. The van der Waals surface area contributed by atoms with Crippen molar-refractivity contribution in [1.82, 2.24) is 5.32 Å². The highest BCUT2D eigenvalue weighted by molar-refractivity contribution is 5.77. The van der Waals surface area contributed by atoms with Gasteiger partial charge in [-0.1, -0.05) is 13.8 Å². The van der Waals surface area contributed by atoms with Crippen LogP contribution in [-0.2, 0) is 9.59 Å². The Kier molecular flexibility index (Phi) is 3.22. The van der Waals surface area contributed by atoms with E-state index in [9.17, 15) is 9.59 Å². The number of fused-ring (bicyclic) bond motifs is 5. The maximum absolute atomic E-state index is 11.8. The third kappa shape index (κ3) is 1.80. The Labute approximate surface area is 133 Å². The molecule has 0 aromatic heterocycles. The highest BCUT2D eigenvalue weighted by atomic mass is 16.1. The lowest BCUT2D eigenvalue weighted by atomic mass is 9.47. The van der Waals surface area contributed by atoms with Crippen LogP contribution >= 0.6 is 0 Å². The average Bonchev–Trinajstić information content (AvgIpc) is 2.84. The van der Waals surface area contributed by atoms with E-state index in [-0.39, 0.29) is 22.7 Å². The summed E-state index contributed by atoms with van der Waals surface area (Å²) in [6.45, 7) is 4.82. The fraction of sp³-hybridized carbons (Fsp3) is 0.895. The molecule has 4 aliphatic rings. The molecule has 3 nitrogen and oxygen atoms in total. The van der Waals surface area contributed by atoms with E-state index in [1.807, 2.05) is 0 Å². The summed E-state index contributed by atoms with van der Waals surface area (Å²) < 4.78 is 0. The molecule has 0 spiro atoms. The monoisotopic (exact) mass is 303 g/mol. The molecule has 3 aliphatic carbocycles. The van der Waals surface area contributed by atoms with Crippen LogP contribution in [0.3, 0.4) is 0 Å². The second-order valence-corrected chi connectivity index (χ2v) is 8.94. The van der Waals surface area contributed by atoms with Gasteiger partial charge in [0, 0.05) is 18.4 Å². The van der Waals surface area contributed by atoms with Gasteiger partial charge in [0.05, 0.1) is 0 Å². The molecule has 0 radical (unpaired) electrons. The Bertz CT molecular complexity index is 504. The first kappa shape index (κ1) is 14.7. The molecule has 4 rings (SSSR count). The molecule has 1 amide bonds. The van der Waals surface area contributed by atoms with Crippen LogP contribution in [0.25, 0.3) is 0 Å². The van der Waals surface area contributed by atoms with Crippen molar-refractivity contribution in [3.05, 3.63) is 0 Å². The molecule has 1 aliphatic heterocycles. The zero-order valence-electron chi connectivity index (χ0n) is 13.9. The minimum absolute atomic E-state index is 0.253. The van der Waals surface area contributed by atoms with Crippen LogP contribution in [0.15, 0.2) is 0 Å². The Morgan fingerprint density at radius 2 is 1.77 bits per heavy atom. The highest BCUT2D eigenvalue weighted by Crippen LogP contribution is 2.65. The number of carbonyl (C=O) groups excluding carboxylic acids is 2. The summed E-state index contributed by atoms with van der Waals surface area (Å²) >= 11 is 0. The summed E-state index contributed by atoms with van der Waals surface area (Å²) in [6.07, 6.45) is 10.2. The predicted molar refractivity (Wildman–Crippen MR) is 85.1 cm³/mol. The maximum atomic E-state index is 11.8. The first-order chi connectivity index (χ1) is 10.5. The van der Waals surface area contributed by atoms with Gasteiger partial charge in [-0.25, -0.2) is 0 Å². The minimum atomic E-state index is 0.253. The quantitative estimate of drug-likeness (QED) is 0.755. The van der Waals surface area contributed by atoms with Crippen molar-refractivity contribution in [2.75, 3.05) is 0 Å². The summed E-state index contributed by atoms with van der Waals surface area (Å²) in [5, 5.41) is 3.29. The second-order valence-electron chi connectivity index (χ2n) is 8.94. The molecule has 122 valence electrons. The normalized spacial score (nSPS) is 53.9. The molecule has 3 saturated carbocycles. The number of nitrogens with one attached hydrogen (secondary N) is 1. The number of hydrogen-bond donors (Lipinski definition) is 1. The molecule has 22 heavy (non-hydrogen) atoms. The molecule has 1 N–H and O–H groups in total. The molecule has 1 saturated heterocycles. The topological polar surface area (TPSA) is 46.2 Å². The van der Waals surface area contributed by atoms with E-state index in [2.05, 4.69) is 19.2 Å². The second kappa shape index (κ2) is 4.82. The lowest BCUT2D eigenvalue weighted by Gasteiger charge is -2.60. The molecule has 0 bridgehead atoms. The number of hydrogen-bond acceptors (Lipinski definition) is 2. The van der Waals surface area contributed by atoms with E-state index >= 15 is 0 Å². The molecule has 4 fully saturated rings. The predicted octanol–water partition coefficient (Wildman–Crippen LogP) is 3.32. The van der Waals surface area contributed by atoms with Crippen molar-refractivity contribution < 1.29 is 9.59 Å². The standard InChI is InChI=1S/C19H29NO2/c1-18-9-7-15-13(14(18)5-3-12(18)11-21)4-6-16-19(15,2)10-8-17(22)20-16/h11-16H,3-10H2,1-2H3,(H,20,22)/t12?,13-,14-,15+,16?,18+,19+/m0/s1. The van der Waals surface area contributed by atoms with Crippen molar-refractivity contribution in [3.63, 3.8) is 0 Å². The SMILES string of the molecule is C[C@]12CCC(=O)NC1CC[C@@H]1[C@H]2CC[C@]2(C)C(C=O)CC[C@@H]12. The van der Waals surface area contributed by atoms with Gasteiger partial charge in [-0.05, 0) is 73.5 Å². The summed E-state index contributed by atoms with van der Waals surface area (Å²) in [5.74, 6) is 2.80. The van der Waals surface area contributed by atoms with Gasteiger partial charge in [0.2, 0.25) is 5.91 Å². The lowest BCUT2D eigenvalue weighted by molar-refractivity contribution is -0.138. The fourth-order valence-electron chi connectivity index (χ4n) is 6.97. The Balaban J connectivity index is 1.63. The van der Waals surface area contributed by atoms with Crippen molar-refractivity contribution in [1.29, 1.82) is 0 Å². The highest BCUT2D eigenvalue weighted by Gasteiger charge is 2.60. The zero-order valence-corrected chi connectivity index (χ0v) is 13.9. The van der Waals surface area contributed by atoms with Gasteiger partial charge in [-0.3, -0.25) is 4.79 Å². The average molecular weight is 303 g/mol. The van der Waals surface area contributed by atoms with Crippen molar-refractivity contribution in [2.45, 2.75) is 71.3 Å². The zero-order chi connectivity index (χ0) is 15.5. The van der Waals surface area contributed by atoms with Crippen LogP contribution in [0.5, 0.6) is 0 Å². The lowest BCUT2D eigenvalue weighted by Crippen LogP contribution is -2.61. The summed E-state index contributed by atoms with van der Waals surface area (Å²) in [5.41, 5.74) is 0.543. The number of amides is 1. The van der Waals surface area contributed by atoms with Gasteiger partial charge in [0.1, 0.15) is 6.29 Å². The van der Waals surface area contributed by atoms with Crippen LogP contribution in [0.4, 0.5) is 0 Å². The molecular formula is C19H29NO2. The van der Waals surface area contributed by atoms with E-state index in [4.69, 9.17) is 0 Å². The van der Waals surface area contributed by atoms with E-state index in [1.165, 1.54) is 32.0 Å². The van der Waals surface area contributed by atoms with E-state index < -0.39 is 0 Å². The Morgan fingerprint density at radius 3 is 2.55 bits per heavy atom. The molecule has 2 unspecified atom stereocenters. The van der Waals surface area contributed by atoms with Crippen LogP contribution in [0.2, 0.25) is 0 Å². The van der Waals surface area contributed by atoms with E-state index in [1.54, 1.807) is 0 Å². The van der Waals surface area contributed by atoms with Gasteiger partial charge < -0.3 is 10.1 Å². The van der Waals surface area contributed by atoms with Crippen molar-refractivity contribution in [2.24, 2.45) is 34.5 Å². The number of rotatable bonds is 1. The fourth-order valence-corrected chi connectivity index (χ4v) is 6.97. The number of carbonyl (C=O) groups is 2.